The van der Waals surface area contributed by atoms with Gasteiger partial charge in [0.15, 0.2) is 5.82 Å². The van der Waals surface area contributed by atoms with E-state index < -0.39 is 0 Å². The maximum atomic E-state index is 6.19. The molecule has 1 spiro atoms. The highest BCUT2D eigenvalue weighted by Crippen LogP contribution is 2.32. The number of aromatic nitrogens is 2. The standard InChI is InChI=1S/C12H16ClN3O3/c1-17-11-14-6-9(13)10(15-11)16-3-5-19-12(7-16)2-4-18-8-12/h6H,2-5,7-8H2,1H3. The van der Waals surface area contributed by atoms with Gasteiger partial charge in [0.05, 0.1) is 33.1 Å². The molecule has 3 heterocycles. The first-order chi connectivity index (χ1) is 9.22. The van der Waals surface area contributed by atoms with Crippen molar-refractivity contribution in [2.45, 2.75) is 12.0 Å². The molecule has 2 aliphatic rings. The van der Waals surface area contributed by atoms with E-state index in [-0.39, 0.29) is 5.60 Å². The van der Waals surface area contributed by atoms with Gasteiger partial charge in [0.2, 0.25) is 0 Å². The summed E-state index contributed by atoms with van der Waals surface area (Å²) >= 11 is 6.19. The van der Waals surface area contributed by atoms with Crippen molar-refractivity contribution in [2.75, 3.05) is 44.9 Å². The molecule has 19 heavy (non-hydrogen) atoms. The van der Waals surface area contributed by atoms with Gasteiger partial charge in [-0.2, -0.15) is 4.98 Å². The topological polar surface area (TPSA) is 56.7 Å². The smallest absolute Gasteiger partial charge is 0.318 e. The van der Waals surface area contributed by atoms with Crippen LogP contribution >= 0.6 is 11.6 Å². The molecule has 7 heteroatoms. The third-order valence-electron chi connectivity index (χ3n) is 3.50. The normalized spacial score (nSPS) is 26.9. The molecular formula is C12H16ClN3O3. The molecule has 1 aromatic heterocycles. The van der Waals surface area contributed by atoms with Crippen LogP contribution in [0.25, 0.3) is 0 Å². The van der Waals surface area contributed by atoms with E-state index in [2.05, 4.69) is 14.9 Å². The minimum absolute atomic E-state index is 0.222. The van der Waals surface area contributed by atoms with Crippen molar-refractivity contribution in [1.29, 1.82) is 0 Å². The molecule has 6 nitrogen and oxygen atoms in total. The van der Waals surface area contributed by atoms with Gasteiger partial charge in [-0.1, -0.05) is 11.6 Å². The number of morpholine rings is 1. The van der Waals surface area contributed by atoms with E-state index in [9.17, 15) is 0 Å². The fourth-order valence-corrected chi connectivity index (χ4v) is 2.73. The second kappa shape index (κ2) is 5.11. The average molecular weight is 286 g/mol. The van der Waals surface area contributed by atoms with Gasteiger partial charge in [-0.15, -0.1) is 0 Å². The molecule has 3 rings (SSSR count). The first kappa shape index (κ1) is 12.9. The highest BCUT2D eigenvalue weighted by atomic mass is 35.5. The number of hydrogen-bond donors (Lipinski definition) is 0. The monoisotopic (exact) mass is 285 g/mol. The molecule has 0 N–H and O–H groups in total. The van der Waals surface area contributed by atoms with E-state index in [1.807, 2.05) is 0 Å². The molecule has 0 bridgehead atoms. The number of halogens is 1. The van der Waals surface area contributed by atoms with Gasteiger partial charge in [0, 0.05) is 19.6 Å². The Morgan fingerprint density at radius 3 is 3.11 bits per heavy atom. The van der Waals surface area contributed by atoms with Crippen molar-refractivity contribution in [3.05, 3.63) is 11.2 Å². The lowest BCUT2D eigenvalue weighted by Gasteiger charge is -2.40. The fourth-order valence-electron chi connectivity index (χ4n) is 2.52. The van der Waals surface area contributed by atoms with Gasteiger partial charge in [-0.3, -0.25) is 0 Å². The summed E-state index contributed by atoms with van der Waals surface area (Å²) in [5, 5.41) is 0.525. The molecule has 1 atom stereocenters. The van der Waals surface area contributed by atoms with Crippen molar-refractivity contribution >= 4 is 17.4 Å². The third-order valence-corrected chi connectivity index (χ3v) is 3.77. The highest BCUT2D eigenvalue weighted by Gasteiger charge is 2.41. The predicted octanol–water partition coefficient (Wildman–Crippen LogP) is 1.13. The van der Waals surface area contributed by atoms with E-state index in [1.165, 1.54) is 0 Å². The van der Waals surface area contributed by atoms with Crippen LogP contribution in [0, 0.1) is 0 Å². The van der Waals surface area contributed by atoms with E-state index in [1.54, 1.807) is 13.3 Å². The second-order valence-corrected chi connectivity index (χ2v) is 5.19. The number of rotatable bonds is 2. The molecule has 0 amide bonds. The summed E-state index contributed by atoms with van der Waals surface area (Å²) in [5.41, 5.74) is -0.222. The molecule has 0 saturated carbocycles. The molecular weight excluding hydrogens is 270 g/mol. The number of hydrogen-bond acceptors (Lipinski definition) is 6. The summed E-state index contributed by atoms with van der Waals surface area (Å²) in [6.07, 6.45) is 2.47. The van der Waals surface area contributed by atoms with Crippen molar-refractivity contribution in [3.63, 3.8) is 0 Å². The number of ether oxygens (including phenoxy) is 3. The molecule has 0 radical (unpaired) electrons. The van der Waals surface area contributed by atoms with E-state index in [4.69, 9.17) is 25.8 Å². The molecule has 104 valence electrons. The lowest BCUT2D eigenvalue weighted by Crippen LogP contribution is -2.52. The first-order valence-corrected chi connectivity index (χ1v) is 6.63. The number of methoxy groups -OCH3 is 1. The molecule has 2 saturated heterocycles. The molecule has 0 aliphatic carbocycles. The lowest BCUT2D eigenvalue weighted by atomic mass is 10.0. The van der Waals surface area contributed by atoms with Crippen LogP contribution in [-0.2, 0) is 9.47 Å². The third kappa shape index (κ3) is 2.48. The Balaban J connectivity index is 1.85. The zero-order valence-corrected chi connectivity index (χ0v) is 11.5. The Morgan fingerprint density at radius 1 is 1.47 bits per heavy atom. The largest absolute Gasteiger partial charge is 0.467 e. The van der Waals surface area contributed by atoms with Crippen LogP contribution in [-0.4, -0.2) is 55.6 Å². The Hall–Kier alpha value is -1.11. The maximum absolute atomic E-state index is 6.19. The van der Waals surface area contributed by atoms with Crippen molar-refractivity contribution in [1.82, 2.24) is 9.97 Å². The zero-order valence-electron chi connectivity index (χ0n) is 10.8. The van der Waals surface area contributed by atoms with Gasteiger partial charge in [-0.05, 0) is 0 Å². The lowest BCUT2D eigenvalue weighted by molar-refractivity contribution is -0.0581. The van der Waals surface area contributed by atoms with Crippen LogP contribution in [0.2, 0.25) is 5.02 Å². The van der Waals surface area contributed by atoms with Gasteiger partial charge in [-0.25, -0.2) is 4.98 Å². The molecule has 1 aromatic rings. The van der Waals surface area contributed by atoms with Gasteiger partial charge >= 0.3 is 6.01 Å². The Labute approximate surface area is 116 Å². The minimum atomic E-state index is -0.222. The number of nitrogens with zero attached hydrogens (tertiary/aromatic N) is 3. The van der Waals surface area contributed by atoms with E-state index in [0.29, 0.717) is 30.1 Å². The Morgan fingerprint density at radius 2 is 2.37 bits per heavy atom. The summed E-state index contributed by atoms with van der Waals surface area (Å²) in [5.74, 6) is 0.697. The highest BCUT2D eigenvalue weighted by molar-refractivity contribution is 6.32. The van der Waals surface area contributed by atoms with Gasteiger partial charge < -0.3 is 19.1 Å². The summed E-state index contributed by atoms with van der Waals surface area (Å²) in [4.78, 5) is 10.4. The fraction of sp³-hybridized carbons (Fsp3) is 0.667. The van der Waals surface area contributed by atoms with Crippen LogP contribution in [0.15, 0.2) is 6.20 Å². The molecule has 0 aromatic carbocycles. The van der Waals surface area contributed by atoms with Crippen LogP contribution < -0.4 is 9.64 Å². The Kier molecular flexibility index (Phi) is 3.47. The van der Waals surface area contributed by atoms with Crippen LogP contribution in [0.5, 0.6) is 6.01 Å². The first-order valence-electron chi connectivity index (χ1n) is 6.26. The summed E-state index contributed by atoms with van der Waals surface area (Å²) in [6, 6.07) is 0.322. The van der Waals surface area contributed by atoms with Crippen LogP contribution in [0.1, 0.15) is 6.42 Å². The molecule has 1 unspecified atom stereocenters. The average Bonchev–Trinajstić information content (AvgIpc) is 2.87. The summed E-state index contributed by atoms with van der Waals surface area (Å²) < 4.78 is 16.4. The maximum Gasteiger partial charge on any atom is 0.318 e. The van der Waals surface area contributed by atoms with Crippen LogP contribution in [0.4, 0.5) is 5.82 Å². The molecule has 2 aliphatic heterocycles. The van der Waals surface area contributed by atoms with Crippen LogP contribution in [0.3, 0.4) is 0 Å². The second-order valence-electron chi connectivity index (χ2n) is 4.78. The predicted molar refractivity (Wildman–Crippen MR) is 69.9 cm³/mol. The van der Waals surface area contributed by atoms with Gasteiger partial charge in [0.25, 0.3) is 0 Å². The SMILES string of the molecule is COc1ncc(Cl)c(N2CCOC3(CCOC3)C2)n1. The zero-order chi connectivity index (χ0) is 13.3. The number of anilines is 1. The van der Waals surface area contributed by atoms with E-state index in [0.717, 1.165) is 26.1 Å². The minimum Gasteiger partial charge on any atom is -0.467 e. The van der Waals surface area contributed by atoms with E-state index >= 15 is 0 Å². The van der Waals surface area contributed by atoms with Crippen molar-refractivity contribution in [3.8, 4) is 6.01 Å². The van der Waals surface area contributed by atoms with Gasteiger partial charge in [0.1, 0.15) is 10.6 Å². The Bertz CT molecular complexity index is 466. The van der Waals surface area contributed by atoms with Crippen molar-refractivity contribution in [2.24, 2.45) is 0 Å². The molecule has 2 fully saturated rings. The summed E-state index contributed by atoms with van der Waals surface area (Å²) in [7, 11) is 1.54. The summed E-state index contributed by atoms with van der Waals surface area (Å²) in [6.45, 7) is 3.50. The quantitative estimate of drug-likeness (QED) is 0.812. The van der Waals surface area contributed by atoms with Crippen molar-refractivity contribution < 1.29 is 14.2 Å².